The molecule has 1 aliphatic rings. The Morgan fingerprint density at radius 1 is 1.38 bits per heavy atom. The first-order valence-corrected chi connectivity index (χ1v) is 7.75. The Morgan fingerprint density at radius 3 is 2.71 bits per heavy atom. The Balaban J connectivity index is 2.22. The Hall–Kier alpha value is -0.970. The van der Waals surface area contributed by atoms with Gasteiger partial charge in [0, 0.05) is 38.7 Å². The molecule has 3 nitrogen and oxygen atoms in total. The molecule has 1 saturated heterocycles. The molecule has 1 atom stereocenters. The highest BCUT2D eigenvalue weighted by Crippen LogP contribution is 2.31. The quantitative estimate of drug-likeness (QED) is 0.875. The molecular weight excluding hydrogens is 269 g/mol. The molecule has 1 fully saturated rings. The first kappa shape index (κ1) is 16.4. The third-order valence-electron chi connectivity index (χ3n) is 4.49. The van der Waals surface area contributed by atoms with E-state index in [0.29, 0.717) is 6.61 Å². The maximum absolute atomic E-state index is 13.5. The molecule has 118 valence electrons. The molecule has 0 aromatic heterocycles. The number of halogens is 1. The van der Waals surface area contributed by atoms with Crippen LogP contribution in [-0.4, -0.2) is 38.5 Å². The van der Waals surface area contributed by atoms with Crippen molar-refractivity contribution in [2.45, 2.75) is 44.8 Å². The summed E-state index contributed by atoms with van der Waals surface area (Å²) in [5.41, 5.74) is 1.94. The molecule has 1 N–H and O–H groups in total. The number of likely N-dealkylation sites (N-methyl/N-ethyl adjacent to an activating group) is 1. The van der Waals surface area contributed by atoms with Crippen molar-refractivity contribution in [3.8, 4) is 0 Å². The standard InChI is InChI=1S/C17H26FNO2/c1-4-21-17(7-9-20-10-8-17)16(19-3)12-14-11-15(18)6-5-13(14)2/h5-6,11,16,19H,4,7-10,12H2,1-3H3. The van der Waals surface area contributed by atoms with Crippen molar-refractivity contribution in [2.75, 3.05) is 26.9 Å². The summed E-state index contributed by atoms with van der Waals surface area (Å²) in [4.78, 5) is 0. The minimum absolute atomic E-state index is 0.154. The summed E-state index contributed by atoms with van der Waals surface area (Å²) < 4.78 is 25.1. The highest BCUT2D eigenvalue weighted by molar-refractivity contribution is 5.28. The van der Waals surface area contributed by atoms with Crippen molar-refractivity contribution < 1.29 is 13.9 Å². The number of hydrogen-bond donors (Lipinski definition) is 1. The van der Waals surface area contributed by atoms with Gasteiger partial charge in [-0.1, -0.05) is 6.07 Å². The van der Waals surface area contributed by atoms with Gasteiger partial charge in [-0.05, 0) is 50.6 Å². The van der Waals surface area contributed by atoms with Gasteiger partial charge >= 0.3 is 0 Å². The summed E-state index contributed by atoms with van der Waals surface area (Å²) in [6, 6.07) is 5.15. The van der Waals surface area contributed by atoms with Crippen LogP contribution < -0.4 is 5.32 Å². The fraction of sp³-hybridized carbons (Fsp3) is 0.647. The van der Waals surface area contributed by atoms with Gasteiger partial charge in [0.05, 0.1) is 5.60 Å². The second kappa shape index (κ2) is 7.34. The van der Waals surface area contributed by atoms with Crippen LogP contribution in [0.1, 0.15) is 30.9 Å². The van der Waals surface area contributed by atoms with Gasteiger partial charge in [0.2, 0.25) is 0 Å². The third-order valence-corrected chi connectivity index (χ3v) is 4.49. The highest BCUT2D eigenvalue weighted by atomic mass is 19.1. The molecule has 0 bridgehead atoms. The van der Waals surface area contributed by atoms with Gasteiger partial charge in [0.1, 0.15) is 5.82 Å². The van der Waals surface area contributed by atoms with Crippen molar-refractivity contribution in [3.05, 3.63) is 35.1 Å². The fourth-order valence-electron chi connectivity index (χ4n) is 3.23. The average molecular weight is 295 g/mol. The second-order valence-electron chi connectivity index (χ2n) is 5.73. The van der Waals surface area contributed by atoms with Gasteiger partial charge in [0.15, 0.2) is 0 Å². The number of benzene rings is 1. The van der Waals surface area contributed by atoms with Crippen molar-refractivity contribution in [3.63, 3.8) is 0 Å². The van der Waals surface area contributed by atoms with Crippen LogP contribution in [0.15, 0.2) is 18.2 Å². The first-order valence-electron chi connectivity index (χ1n) is 7.75. The topological polar surface area (TPSA) is 30.5 Å². The molecule has 0 aliphatic carbocycles. The molecule has 1 heterocycles. The second-order valence-corrected chi connectivity index (χ2v) is 5.73. The van der Waals surface area contributed by atoms with Crippen LogP contribution >= 0.6 is 0 Å². The van der Waals surface area contributed by atoms with E-state index in [9.17, 15) is 4.39 Å². The Labute approximate surface area is 126 Å². The van der Waals surface area contributed by atoms with Crippen LogP contribution in [0.3, 0.4) is 0 Å². The first-order chi connectivity index (χ1) is 10.1. The molecular formula is C17H26FNO2. The van der Waals surface area contributed by atoms with E-state index < -0.39 is 0 Å². The normalized spacial score (nSPS) is 19.4. The van der Waals surface area contributed by atoms with Crippen LogP contribution in [0.2, 0.25) is 0 Å². The minimum Gasteiger partial charge on any atom is -0.381 e. The lowest BCUT2D eigenvalue weighted by molar-refractivity contribution is -0.125. The van der Waals surface area contributed by atoms with Crippen LogP contribution in [0, 0.1) is 12.7 Å². The van der Waals surface area contributed by atoms with Gasteiger partial charge in [-0.3, -0.25) is 0 Å². The highest BCUT2D eigenvalue weighted by Gasteiger charge is 2.40. The van der Waals surface area contributed by atoms with Gasteiger partial charge < -0.3 is 14.8 Å². The Morgan fingerprint density at radius 2 is 2.10 bits per heavy atom. The van der Waals surface area contributed by atoms with Crippen LogP contribution in [0.5, 0.6) is 0 Å². The molecule has 2 rings (SSSR count). The summed E-state index contributed by atoms with van der Waals surface area (Å²) in [7, 11) is 1.95. The van der Waals surface area contributed by atoms with Crippen LogP contribution in [0.4, 0.5) is 4.39 Å². The van der Waals surface area contributed by atoms with Crippen molar-refractivity contribution in [1.29, 1.82) is 0 Å². The van der Waals surface area contributed by atoms with Crippen molar-refractivity contribution in [2.24, 2.45) is 0 Å². The lowest BCUT2D eigenvalue weighted by Gasteiger charge is -2.43. The van der Waals surface area contributed by atoms with Gasteiger partial charge in [-0.25, -0.2) is 4.39 Å². The zero-order valence-corrected chi connectivity index (χ0v) is 13.2. The van der Waals surface area contributed by atoms with Gasteiger partial charge in [-0.2, -0.15) is 0 Å². The summed E-state index contributed by atoms with van der Waals surface area (Å²) in [6.07, 6.45) is 2.52. The molecule has 21 heavy (non-hydrogen) atoms. The Bertz CT molecular complexity index is 453. The lowest BCUT2D eigenvalue weighted by atomic mass is 9.82. The summed E-state index contributed by atoms with van der Waals surface area (Å²) in [5, 5.41) is 3.39. The van der Waals surface area contributed by atoms with E-state index in [1.54, 1.807) is 6.07 Å². The lowest BCUT2D eigenvalue weighted by Crippen LogP contribution is -2.55. The molecule has 4 heteroatoms. The van der Waals surface area contributed by atoms with Crippen LogP contribution in [0.25, 0.3) is 0 Å². The number of nitrogens with one attached hydrogen (secondary N) is 1. The predicted octanol–water partition coefficient (Wildman–Crippen LogP) is 2.85. The molecule has 1 unspecified atom stereocenters. The van der Waals surface area contributed by atoms with Crippen LogP contribution in [-0.2, 0) is 15.9 Å². The number of ether oxygens (including phenoxy) is 2. The monoisotopic (exact) mass is 295 g/mol. The van der Waals surface area contributed by atoms with Crippen molar-refractivity contribution >= 4 is 0 Å². The molecule has 1 aromatic carbocycles. The van der Waals surface area contributed by atoms with Gasteiger partial charge in [0.25, 0.3) is 0 Å². The average Bonchev–Trinajstić information content (AvgIpc) is 2.49. The van der Waals surface area contributed by atoms with Gasteiger partial charge in [-0.15, -0.1) is 0 Å². The predicted molar refractivity (Wildman–Crippen MR) is 82.1 cm³/mol. The maximum Gasteiger partial charge on any atom is 0.123 e. The number of aryl methyl sites for hydroxylation is 1. The molecule has 0 radical (unpaired) electrons. The summed E-state index contributed by atoms with van der Waals surface area (Å²) >= 11 is 0. The summed E-state index contributed by atoms with van der Waals surface area (Å²) in [5.74, 6) is -0.178. The smallest absolute Gasteiger partial charge is 0.123 e. The zero-order chi connectivity index (χ0) is 15.3. The van der Waals surface area contributed by atoms with E-state index in [0.717, 1.165) is 43.6 Å². The maximum atomic E-state index is 13.5. The molecule has 0 spiro atoms. The third kappa shape index (κ3) is 3.82. The Kier molecular flexibility index (Phi) is 5.73. The van der Waals surface area contributed by atoms with E-state index in [2.05, 4.69) is 5.32 Å². The molecule has 1 aromatic rings. The van der Waals surface area contributed by atoms with E-state index in [1.165, 1.54) is 6.07 Å². The fourth-order valence-corrected chi connectivity index (χ4v) is 3.23. The van der Waals surface area contributed by atoms with Crippen molar-refractivity contribution in [1.82, 2.24) is 5.32 Å². The zero-order valence-electron chi connectivity index (χ0n) is 13.2. The van der Waals surface area contributed by atoms with E-state index in [1.807, 2.05) is 27.0 Å². The number of hydrogen-bond acceptors (Lipinski definition) is 3. The SMILES string of the molecule is CCOC1(C(Cc2cc(F)ccc2C)NC)CCOCC1. The largest absolute Gasteiger partial charge is 0.381 e. The molecule has 0 saturated carbocycles. The molecule has 0 amide bonds. The molecule has 1 aliphatic heterocycles. The van der Waals surface area contributed by atoms with E-state index in [-0.39, 0.29) is 17.5 Å². The minimum atomic E-state index is -0.222. The summed E-state index contributed by atoms with van der Waals surface area (Å²) in [6.45, 7) is 6.18. The van der Waals surface area contributed by atoms with E-state index >= 15 is 0 Å². The van der Waals surface area contributed by atoms with E-state index in [4.69, 9.17) is 9.47 Å². The number of rotatable bonds is 6.